The molecule has 2 atom stereocenters. The molecule has 0 saturated carbocycles. The largest absolute Gasteiger partial charge is 0.497 e. The summed E-state index contributed by atoms with van der Waals surface area (Å²) in [5, 5.41) is 5.79. The van der Waals surface area contributed by atoms with Crippen molar-refractivity contribution in [2.75, 3.05) is 19.0 Å². The summed E-state index contributed by atoms with van der Waals surface area (Å²) in [4.78, 5) is 43.0. The highest BCUT2D eigenvalue weighted by atomic mass is 16.6. The first-order chi connectivity index (χ1) is 19.9. The summed E-state index contributed by atoms with van der Waals surface area (Å²) in [6, 6.07) is 20.5. The average molecular weight is 574 g/mol. The minimum Gasteiger partial charge on any atom is -0.497 e. The second kappa shape index (κ2) is 14.5. The minimum atomic E-state index is -0.963. The number of nitrogens with zero attached hydrogens (tertiary/aromatic N) is 1. The van der Waals surface area contributed by atoms with Crippen LogP contribution < -0.4 is 15.4 Å². The number of anilines is 1. The molecule has 224 valence electrons. The van der Waals surface area contributed by atoms with Crippen LogP contribution in [0.5, 0.6) is 5.75 Å². The van der Waals surface area contributed by atoms with Crippen LogP contribution in [0, 0.1) is 13.8 Å². The lowest BCUT2D eigenvalue weighted by Crippen LogP contribution is -2.53. The number of nitrogens with one attached hydrogen (secondary N) is 2. The molecular weight excluding hydrogens is 530 g/mol. The highest BCUT2D eigenvalue weighted by molar-refractivity contribution is 5.99. The molecule has 0 aliphatic rings. The van der Waals surface area contributed by atoms with E-state index in [2.05, 4.69) is 10.6 Å². The average Bonchev–Trinajstić information content (AvgIpc) is 2.94. The number of carbonyl (C=O) groups excluding carboxylic acids is 3. The number of hydrogen-bond donors (Lipinski definition) is 2. The third-order valence-corrected chi connectivity index (χ3v) is 6.67. The Morgan fingerprint density at radius 3 is 2.19 bits per heavy atom. The van der Waals surface area contributed by atoms with Crippen molar-refractivity contribution in [1.82, 2.24) is 10.2 Å². The number of carbonyl (C=O) groups is 3. The molecule has 0 saturated heterocycles. The smallest absolute Gasteiger partial charge is 0.408 e. The van der Waals surface area contributed by atoms with Crippen LogP contribution in [-0.2, 0) is 20.7 Å². The van der Waals surface area contributed by atoms with E-state index in [-0.39, 0.29) is 18.2 Å². The van der Waals surface area contributed by atoms with Gasteiger partial charge in [0.2, 0.25) is 5.91 Å². The van der Waals surface area contributed by atoms with Crippen molar-refractivity contribution in [3.05, 3.63) is 95.1 Å². The van der Waals surface area contributed by atoms with Gasteiger partial charge in [-0.2, -0.15) is 0 Å². The van der Waals surface area contributed by atoms with E-state index in [0.29, 0.717) is 24.4 Å². The summed E-state index contributed by atoms with van der Waals surface area (Å²) in [6.07, 6.45) is 0.144. The maximum atomic E-state index is 14.4. The topological polar surface area (TPSA) is 97.0 Å². The summed E-state index contributed by atoms with van der Waals surface area (Å²) in [6.45, 7) is 11.4. The first-order valence-corrected chi connectivity index (χ1v) is 14.3. The van der Waals surface area contributed by atoms with E-state index >= 15 is 0 Å². The Morgan fingerprint density at radius 2 is 1.60 bits per heavy atom. The van der Waals surface area contributed by atoms with Crippen molar-refractivity contribution in [3.8, 4) is 5.75 Å². The SMILES string of the molecule is CCCN(C(=O)C(Cc1ccccc1)NC(=O)OC(C)(C)C)C(C(=O)Nc1ccc(OC)cc1)c1cc(C)ccc1C. The summed E-state index contributed by atoms with van der Waals surface area (Å²) in [5.41, 5.74) is 3.27. The molecule has 0 spiro atoms. The van der Waals surface area contributed by atoms with E-state index in [4.69, 9.17) is 9.47 Å². The Labute approximate surface area is 249 Å². The molecule has 8 heteroatoms. The molecule has 3 rings (SSSR count). The molecule has 0 aromatic heterocycles. The Hall–Kier alpha value is -4.33. The predicted molar refractivity (Wildman–Crippen MR) is 166 cm³/mol. The molecule has 0 heterocycles. The third kappa shape index (κ3) is 9.09. The molecule has 3 aromatic rings. The molecule has 0 bridgehead atoms. The van der Waals surface area contributed by atoms with Gasteiger partial charge in [0.15, 0.2) is 0 Å². The van der Waals surface area contributed by atoms with Gasteiger partial charge in [-0.15, -0.1) is 0 Å². The zero-order valence-electron chi connectivity index (χ0n) is 25.7. The lowest BCUT2D eigenvalue weighted by Gasteiger charge is -2.35. The van der Waals surface area contributed by atoms with Gasteiger partial charge < -0.3 is 25.0 Å². The van der Waals surface area contributed by atoms with Crippen molar-refractivity contribution in [3.63, 3.8) is 0 Å². The van der Waals surface area contributed by atoms with Gasteiger partial charge in [0.05, 0.1) is 7.11 Å². The van der Waals surface area contributed by atoms with Crippen LogP contribution in [0.1, 0.15) is 62.4 Å². The lowest BCUT2D eigenvalue weighted by atomic mass is 9.95. The van der Waals surface area contributed by atoms with Gasteiger partial charge in [-0.1, -0.05) is 61.0 Å². The van der Waals surface area contributed by atoms with Gasteiger partial charge in [0, 0.05) is 18.7 Å². The van der Waals surface area contributed by atoms with Crippen LogP contribution in [0.2, 0.25) is 0 Å². The summed E-state index contributed by atoms with van der Waals surface area (Å²) < 4.78 is 10.8. The van der Waals surface area contributed by atoms with Gasteiger partial charge in [0.25, 0.3) is 5.91 Å². The number of alkyl carbamates (subject to hydrolysis) is 1. The number of benzene rings is 3. The van der Waals surface area contributed by atoms with Gasteiger partial charge in [-0.3, -0.25) is 9.59 Å². The molecule has 3 amide bonds. The standard InChI is InChI=1S/C34H43N3O5/c1-8-20-37(32(39)29(22-25-12-10-9-11-13-25)36-33(40)42-34(4,5)6)30(28-21-23(2)14-15-24(28)3)31(38)35-26-16-18-27(41-7)19-17-26/h9-19,21,29-30H,8,20,22H2,1-7H3,(H,35,38)(H,36,40). The van der Waals surface area contributed by atoms with Crippen LogP contribution in [0.15, 0.2) is 72.8 Å². The Kier molecular flexibility index (Phi) is 11.1. The number of hydrogen-bond acceptors (Lipinski definition) is 5. The normalized spacial score (nSPS) is 12.5. The first-order valence-electron chi connectivity index (χ1n) is 14.3. The molecular formula is C34H43N3O5. The van der Waals surface area contributed by atoms with E-state index in [1.165, 1.54) is 0 Å². The summed E-state index contributed by atoms with van der Waals surface area (Å²) >= 11 is 0. The molecule has 8 nitrogen and oxygen atoms in total. The van der Waals surface area contributed by atoms with Crippen LogP contribution in [0.25, 0.3) is 0 Å². The van der Waals surface area contributed by atoms with Gasteiger partial charge in [-0.05, 0) is 82.0 Å². The molecule has 0 fully saturated rings. The fourth-order valence-electron chi connectivity index (χ4n) is 4.70. The molecule has 2 N–H and O–H groups in total. The van der Waals surface area contributed by atoms with Crippen molar-refractivity contribution in [1.29, 1.82) is 0 Å². The Morgan fingerprint density at radius 1 is 0.929 bits per heavy atom. The zero-order valence-corrected chi connectivity index (χ0v) is 25.7. The zero-order chi connectivity index (χ0) is 30.9. The number of aryl methyl sites for hydroxylation is 2. The van der Waals surface area contributed by atoms with Gasteiger partial charge >= 0.3 is 6.09 Å². The van der Waals surface area contributed by atoms with E-state index < -0.39 is 23.8 Å². The van der Waals surface area contributed by atoms with Crippen LogP contribution >= 0.6 is 0 Å². The van der Waals surface area contributed by atoms with Gasteiger partial charge in [-0.25, -0.2) is 4.79 Å². The van der Waals surface area contributed by atoms with Crippen molar-refractivity contribution in [2.45, 2.75) is 72.1 Å². The van der Waals surface area contributed by atoms with Crippen molar-refractivity contribution < 1.29 is 23.9 Å². The Bertz CT molecular complexity index is 1350. The maximum absolute atomic E-state index is 14.4. The van der Waals surface area contributed by atoms with E-state index in [1.54, 1.807) is 57.0 Å². The van der Waals surface area contributed by atoms with E-state index in [0.717, 1.165) is 22.3 Å². The molecule has 0 radical (unpaired) electrons. The third-order valence-electron chi connectivity index (χ3n) is 6.67. The predicted octanol–water partition coefficient (Wildman–Crippen LogP) is 6.37. The minimum absolute atomic E-state index is 0.235. The molecule has 2 unspecified atom stereocenters. The lowest BCUT2D eigenvalue weighted by molar-refractivity contribution is -0.140. The fourth-order valence-corrected chi connectivity index (χ4v) is 4.70. The van der Waals surface area contributed by atoms with Crippen molar-refractivity contribution >= 4 is 23.6 Å². The highest BCUT2D eigenvalue weighted by Crippen LogP contribution is 2.29. The quantitative estimate of drug-likeness (QED) is 0.278. The second-order valence-corrected chi connectivity index (χ2v) is 11.4. The van der Waals surface area contributed by atoms with Crippen molar-refractivity contribution in [2.24, 2.45) is 0 Å². The van der Waals surface area contributed by atoms with E-state index in [9.17, 15) is 14.4 Å². The summed E-state index contributed by atoms with van der Waals surface area (Å²) in [5.74, 6) is -0.0624. The number of amides is 3. The highest BCUT2D eigenvalue weighted by Gasteiger charge is 2.37. The molecule has 0 aliphatic carbocycles. The second-order valence-electron chi connectivity index (χ2n) is 11.4. The molecule has 0 aliphatic heterocycles. The van der Waals surface area contributed by atoms with Gasteiger partial charge in [0.1, 0.15) is 23.4 Å². The number of methoxy groups -OCH3 is 1. The maximum Gasteiger partial charge on any atom is 0.408 e. The first kappa shape index (κ1) is 32.2. The number of rotatable bonds is 11. The van der Waals surface area contributed by atoms with Crippen LogP contribution in [0.4, 0.5) is 10.5 Å². The fraction of sp³-hybridized carbons (Fsp3) is 0.382. The molecule has 3 aromatic carbocycles. The summed E-state index contributed by atoms with van der Waals surface area (Å²) in [7, 11) is 1.58. The van der Waals surface area contributed by atoms with Crippen LogP contribution in [-0.4, -0.2) is 48.1 Å². The molecule has 42 heavy (non-hydrogen) atoms. The monoisotopic (exact) mass is 573 g/mol. The Balaban J connectivity index is 2.06. The van der Waals surface area contributed by atoms with E-state index in [1.807, 2.05) is 69.3 Å². The van der Waals surface area contributed by atoms with Crippen LogP contribution in [0.3, 0.4) is 0 Å². The number of ether oxygens (including phenoxy) is 2.